The molecule has 1 aliphatic heterocycles. The standard InChI is InChI=1S/C19H31N3O6Si/c1-7-10-26-18(25)21-15-8-9-22(17(24)20-15)16-11-13(23)14(28-16)12-27-29(5,6)19(2,3)4/h7-9,13-14,16,23H,1,10-12H2,2-6H3,(H,20,21,24,25)/t13-,14+,16+/m0/s1. The molecule has 0 radical (unpaired) electrons. The van der Waals surface area contributed by atoms with Crippen LogP contribution in [0.3, 0.4) is 0 Å². The van der Waals surface area contributed by atoms with Gasteiger partial charge in [0, 0.05) is 12.6 Å². The predicted molar refractivity (Wildman–Crippen MR) is 111 cm³/mol. The average molecular weight is 426 g/mol. The van der Waals surface area contributed by atoms with E-state index in [0.717, 1.165) is 0 Å². The summed E-state index contributed by atoms with van der Waals surface area (Å²) in [5.41, 5.74) is -0.602. The second kappa shape index (κ2) is 9.20. The molecule has 1 aromatic heterocycles. The zero-order valence-electron chi connectivity index (χ0n) is 17.7. The third kappa shape index (κ3) is 5.98. The van der Waals surface area contributed by atoms with Crippen molar-refractivity contribution in [2.45, 2.75) is 63.8 Å². The van der Waals surface area contributed by atoms with Crippen LogP contribution in [-0.2, 0) is 13.9 Å². The summed E-state index contributed by atoms with van der Waals surface area (Å²) in [6, 6.07) is 1.46. The van der Waals surface area contributed by atoms with E-state index in [9.17, 15) is 14.7 Å². The molecule has 1 aromatic rings. The Morgan fingerprint density at radius 2 is 2.21 bits per heavy atom. The van der Waals surface area contributed by atoms with Gasteiger partial charge in [-0.05, 0) is 24.2 Å². The van der Waals surface area contributed by atoms with Crippen molar-refractivity contribution in [1.29, 1.82) is 0 Å². The highest BCUT2D eigenvalue weighted by molar-refractivity contribution is 6.74. The van der Waals surface area contributed by atoms with Crippen LogP contribution in [0.25, 0.3) is 0 Å². The number of rotatable bonds is 7. The third-order valence-electron chi connectivity index (χ3n) is 5.32. The summed E-state index contributed by atoms with van der Waals surface area (Å²) in [5.74, 6) is 0.0664. The van der Waals surface area contributed by atoms with Crippen LogP contribution >= 0.6 is 0 Å². The molecule has 1 fully saturated rings. The number of hydrogen-bond donors (Lipinski definition) is 2. The van der Waals surface area contributed by atoms with E-state index in [-0.39, 0.29) is 30.5 Å². The molecule has 1 amide bonds. The molecule has 0 unspecified atom stereocenters. The first kappa shape index (κ1) is 23.3. The summed E-state index contributed by atoms with van der Waals surface area (Å²) >= 11 is 0. The van der Waals surface area contributed by atoms with Gasteiger partial charge < -0.3 is 19.0 Å². The van der Waals surface area contributed by atoms with Gasteiger partial charge in [-0.15, -0.1) is 0 Å². The van der Waals surface area contributed by atoms with Gasteiger partial charge in [0.2, 0.25) is 0 Å². The smallest absolute Gasteiger partial charge is 0.413 e. The lowest BCUT2D eigenvalue weighted by atomic mass is 10.2. The van der Waals surface area contributed by atoms with Gasteiger partial charge in [-0.1, -0.05) is 33.4 Å². The maximum absolute atomic E-state index is 12.3. The summed E-state index contributed by atoms with van der Waals surface area (Å²) in [5, 5.41) is 12.8. The van der Waals surface area contributed by atoms with Crippen molar-refractivity contribution in [3.8, 4) is 0 Å². The zero-order chi connectivity index (χ0) is 21.8. The van der Waals surface area contributed by atoms with Crippen molar-refractivity contribution in [3.05, 3.63) is 35.4 Å². The lowest BCUT2D eigenvalue weighted by Gasteiger charge is -2.37. The van der Waals surface area contributed by atoms with Gasteiger partial charge in [-0.2, -0.15) is 4.98 Å². The van der Waals surface area contributed by atoms with E-state index in [2.05, 4.69) is 50.7 Å². The number of aliphatic hydroxyl groups excluding tert-OH is 1. The van der Waals surface area contributed by atoms with Crippen molar-refractivity contribution in [2.24, 2.45) is 0 Å². The van der Waals surface area contributed by atoms with E-state index >= 15 is 0 Å². The van der Waals surface area contributed by atoms with Crippen LogP contribution in [0.2, 0.25) is 18.1 Å². The van der Waals surface area contributed by atoms with Crippen LogP contribution in [0, 0.1) is 0 Å². The number of ether oxygens (including phenoxy) is 2. The van der Waals surface area contributed by atoms with Crippen LogP contribution < -0.4 is 11.0 Å². The Kier molecular flexibility index (Phi) is 7.38. The third-order valence-corrected chi connectivity index (χ3v) is 9.82. The molecule has 10 heteroatoms. The van der Waals surface area contributed by atoms with Gasteiger partial charge in [0.15, 0.2) is 8.32 Å². The largest absolute Gasteiger partial charge is 0.445 e. The van der Waals surface area contributed by atoms with Crippen LogP contribution in [-0.4, -0.2) is 54.5 Å². The summed E-state index contributed by atoms with van der Waals surface area (Å²) in [6.45, 7) is 14.4. The summed E-state index contributed by atoms with van der Waals surface area (Å²) in [4.78, 5) is 27.7. The van der Waals surface area contributed by atoms with E-state index in [1.807, 2.05) is 0 Å². The minimum atomic E-state index is -1.98. The molecular formula is C19H31N3O6Si. The summed E-state index contributed by atoms with van der Waals surface area (Å²) in [6.07, 6.45) is 0.494. The minimum Gasteiger partial charge on any atom is -0.445 e. The number of anilines is 1. The number of aliphatic hydroxyl groups is 1. The minimum absolute atomic E-state index is 0.0481. The van der Waals surface area contributed by atoms with Crippen molar-refractivity contribution in [1.82, 2.24) is 9.55 Å². The molecule has 9 nitrogen and oxygen atoms in total. The molecule has 0 spiro atoms. The lowest BCUT2D eigenvalue weighted by molar-refractivity contribution is -0.0432. The molecule has 1 saturated heterocycles. The SMILES string of the molecule is C=CCOC(=O)Nc1ccn([C@H]2C[C@H](O)[C@@H](CO[Si](C)(C)C(C)(C)C)O2)c(=O)n1. The first-order valence-electron chi connectivity index (χ1n) is 9.56. The van der Waals surface area contributed by atoms with Crippen LogP contribution in [0.5, 0.6) is 0 Å². The fourth-order valence-corrected chi connectivity index (χ4v) is 3.53. The van der Waals surface area contributed by atoms with Crippen LogP contribution in [0.4, 0.5) is 10.6 Å². The molecule has 2 rings (SSSR count). The van der Waals surface area contributed by atoms with E-state index in [4.69, 9.17) is 13.9 Å². The molecule has 0 saturated carbocycles. The maximum atomic E-state index is 12.3. The van der Waals surface area contributed by atoms with Crippen molar-refractivity contribution in [2.75, 3.05) is 18.5 Å². The second-order valence-electron chi connectivity index (χ2n) is 8.52. The Morgan fingerprint density at radius 1 is 1.52 bits per heavy atom. The van der Waals surface area contributed by atoms with E-state index in [1.54, 1.807) is 0 Å². The molecule has 0 aromatic carbocycles. The topological polar surface area (TPSA) is 112 Å². The Labute approximate surface area is 171 Å². The normalized spacial score (nSPS) is 22.3. The molecule has 162 valence electrons. The fraction of sp³-hybridized carbons (Fsp3) is 0.632. The molecule has 3 atom stereocenters. The molecule has 1 aliphatic rings. The molecular weight excluding hydrogens is 394 g/mol. The van der Waals surface area contributed by atoms with Gasteiger partial charge in [0.05, 0.1) is 12.7 Å². The summed E-state index contributed by atoms with van der Waals surface area (Å²) in [7, 11) is -1.98. The highest BCUT2D eigenvalue weighted by atomic mass is 28.4. The number of nitrogens with zero attached hydrogens (tertiary/aromatic N) is 2. The van der Waals surface area contributed by atoms with Gasteiger partial charge in [-0.25, -0.2) is 9.59 Å². The molecule has 0 bridgehead atoms. The van der Waals surface area contributed by atoms with Gasteiger partial charge in [-0.3, -0.25) is 9.88 Å². The number of amides is 1. The first-order valence-corrected chi connectivity index (χ1v) is 12.5. The van der Waals surface area contributed by atoms with E-state index < -0.39 is 38.5 Å². The fourth-order valence-electron chi connectivity index (χ4n) is 2.52. The monoisotopic (exact) mass is 425 g/mol. The lowest BCUT2D eigenvalue weighted by Crippen LogP contribution is -2.43. The molecule has 2 heterocycles. The Bertz CT molecular complexity index is 789. The quantitative estimate of drug-likeness (QED) is 0.510. The van der Waals surface area contributed by atoms with E-state index in [1.165, 1.54) is 22.9 Å². The highest BCUT2D eigenvalue weighted by Crippen LogP contribution is 2.37. The van der Waals surface area contributed by atoms with E-state index in [0.29, 0.717) is 0 Å². The molecule has 2 N–H and O–H groups in total. The van der Waals surface area contributed by atoms with Crippen molar-refractivity contribution >= 4 is 20.2 Å². The zero-order valence-corrected chi connectivity index (χ0v) is 18.7. The van der Waals surface area contributed by atoms with Crippen LogP contribution in [0.1, 0.15) is 33.4 Å². The number of carbonyl (C=O) groups is 1. The Balaban J connectivity index is 2.00. The van der Waals surface area contributed by atoms with Crippen molar-refractivity contribution in [3.63, 3.8) is 0 Å². The van der Waals surface area contributed by atoms with Gasteiger partial charge in [0.25, 0.3) is 0 Å². The maximum Gasteiger partial charge on any atom is 0.413 e. The number of hydrogen-bond acceptors (Lipinski definition) is 7. The average Bonchev–Trinajstić information content (AvgIpc) is 2.98. The van der Waals surface area contributed by atoms with Crippen LogP contribution in [0.15, 0.2) is 29.7 Å². The number of aromatic nitrogens is 2. The van der Waals surface area contributed by atoms with Gasteiger partial charge >= 0.3 is 11.8 Å². The first-order chi connectivity index (χ1) is 13.4. The Hall–Kier alpha value is -2.01. The van der Waals surface area contributed by atoms with Crippen molar-refractivity contribution < 1.29 is 23.8 Å². The van der Waals surface area contributed by atoms with Gasteiger partial charge in [0.1, 0.15) is 24.8 Å². The number of carbonyl (C=O) groups excluding carboxylic acids is 1. The highest BCUT2D eigenvalue weighted by Gasteiger charge is 2.41. The molecule has 29 heavy (non-hydrogen) atoms. The Morgan fingerprint density at radius 3 is 2.79 bits per heavy atom. The summed E-state index contributed by atoms with van der Waals surface area (Å²) < 4.78 is 18.1. The molecule has 0 aliphatic carbocycles. The predicted octanol–water partition coefficient (Wildman–Crippen LogP) is 2.65. The second-order valence-corrected chi connectivity index (χ2v) is 13.3. The number of nitrogens with one attached hydrogen (secondary N) is 1.